The van der Waals surface area contributed by atoms with Gasteiger partial charge in [-0.05, 0) is 44.2 Å². The summed E-state index contributed by atoms with van der Waals surface area (Å²) in [6.07, 6.45) is 2.33. The molecule has 130 valence electrons. The first-order chi connectivity index (χ1) is 11.4. The topological polar surface area (TPSA) is 26.0 Å². The van der Waals surface area contributed by atoms with Gasteiger partial charge in [0.05, 0.1) is 6.67 Å². The molecule has 1 saturated carbocycles. The number of rotatable bonds is 6. The lowest BCUT2D eigenvalue weighted by Crippen LogP contribution is -2.23. The normalized spacial score (nSPS) is 14.8. The second-order valence-corrected chi connectivity index (χ2v) is 7.52. The molecule has 0 radical (unpaired) electrons. The van der Waals surface area contributed by atoms with Crippen LogP contribution in [0.1, 0.15) is 50.0 Å². The van der Waals surface area contributed by atoms with Crippen LogP contribution in [0, 0.1) is 10.6 Å². The van der Waals surface area contributed by atoms with E-state index < -0.39 is 0 Å². The SMILES string of the molecule is CC(C)c1nn(CN(C)Cc2c(F)cccc2Cl)c(=S)n1C1CC1. The van der Waals surface area contributed by atoms with Gasteiger partial charge in [-0.1, -0.05) is 31.5 Å². The Bertz CT molecular complexity index is 774. The molecule has 2 aromatic rings. The Hall–Kier alpha value is -1.24. The van der Waals surface area contributed by atoms with E-state index in [1.54, 1.807) is 12.1 Å². The maximum atomic E-state index is 14.0. The lowest BCUT2D eigenvalue weighted by molar-refractivity contribution is 0.240. The first-order valence-electron chi connectivity index (χ1n) is 8.19. The molecule has 1 fully saturated rings. The lowest BCUT2D eigenvalue weighted by Gasteiger charge is -2.17. The molecule has 0 bridgehead atoms. The van der Waals surface area contributed by atoms with Crippen molar-refractivity contribution in [2.45, 2.75) is 51.9 Å². The Morgan fingerprint density at radius 1 is 1.42 bits per heavy atom. The molecular formula is C17H22ClFN4S. The second-order valence-electron chi connectivity index (χ2n) is 6.75. The maximum Gasteiger partial charge on any atom is 0.199 e. The van der Waals surface area contributed by atoms with E-state index in [0.717, 1.165) is 10.6 Å². The fourth-order valence-corrected chi connectivity index (χ4v) is 3.39. The molecule has 0 atom stereocenters. The van der Waals surface area contributed by atoms with Crippen LogP contribution in [0.15, 0.2) is 18.2 Å². The monoisotopic (exact) mass is 368 g/mol. The highest BCUT2D eigenvalue weighted by molar-refractivity contribution is 7.71. The summed E-state index contributed by atoms with van der Waals surface area (Å²) < 4.78 is 18.7. The third-order valence-corrected chi connectivity index (χ3v) is 4.95. The van der Waals surface area contributed by atoms with Crippen molar-refractivity contribution in [2.75, 3.05) is 7.05 Å². The van der Waals surface area contributed by atoms with Crippen LogP contribution in [0.2, 0.25) is 5.02 Å². The Morgan fingerprint density at radius 2 is 2.12 bits per heavy atom. The zero-order valence-corrected chi connectivity index (χ0v) is 15.7. The van der Waals surface area contributed by atoms with Crippen molar-refractivity contribution in [3.05, 3.63) is 45.2 Å². The van der Waals surface area contributed by atoms with Crippen LogP contribution in [0.25, 0.3) is 0 Å². The molecule has 0 saturated heterocycles. The predicted octanol–water partition coefficient (Wildman–Crippen LogP) is 4.75. The molecule has 1 heterocycles. The van der Waals surface area contributed by atoms with Gasteiger partial charge in [-0.15, -0.1) is 0 Å². The zero-order chi connectivity index (χ0) is 17.4. The summed E-state index contributed by atoms with van der Waals surface area (Å²) in [6, 6.07) is 5.25. The minimum Gasteiger partial charge on any atom is -0.301 e. The molecule has 0 N–H and O–H groups in total. The van der Waals surface area contributed by atoms with Gasteiger partial charge >= 0.3 is 0 Å². The number of hydrogen-bond donors (Lipinski definition) is 0. The fraction of sp³-hybridized carbons (Fsp3) is 0.529. The number of nitrogens with zero attached hydrogens (tertiary/aromatic N) is 4. The standard InChI is InChI=1S/C17H22ClFN4S/c1-11(2)16-20-22(17(24)23(16)12-7-8-12)10-21(3)9-13-14(18)5-4-6-15(13)19/h4-6,11-12H,7-10H2,1-3H3. The Labute approximate surface area is 151 Å². The summed E-state index contributed by atoms with van der Waals surface area (Å²) in [4.78, 5) is 1.97. The zero-order valence-electron chi connectivity index (χ0n) is 14.2. The van der Waals surface area contributed by atoms with E-state index >= 15 is 0 Å². The summed E-state index contributed by atoms with van der Waals surface area (Å²) >= 11 is 11.7. The quantitative estimate of drug-likeness (QED) is 0.688. The van der Waals surface area contributed by atoms with Crippen LogP contribution in [-0.2, 0) is 13.2 Å². The maximum absolute atomic E-state index is 14.0. The predicted molar refractivity (Wildman–Crippen MR) is 96.3 cm³/mol. The summed E-state index contributed by atoms with van der Waals surface area (Å²) in [6.45, 7) is 5.16. The van der Waals surface area contributed by atoms with Crippen molar-refractivity contribution in [3.63, 3.8) is 0 Å². The molecule has 0 aliphatic heterocycles. The minimum absolute atomic E-state index is 0.288. The Morgan fingerprint density at radius 3 is 2.71 bits per heavy atom. The molecule has 1 aromatic heterocycles. The number of aromatic nitrogens is 3. The first kappa shape index (κ1) is 17.6. The molecule has 24 heavy (non-hydrogen) atoms. The minimum atomic E-state index is -0.288. The molecular weight excluding hydrogens is 347 g/mol. The average molecular weight is 369 g/mol. The number of benzene rings is 1. The third kappa shape index (κ3) is 3.55. The highest BCUT2D eigenvalue weighted by atomic mass is 35.5. The molecule has 0 spiro atoms. The first-order valence-corrected chi connectivity index (χ1v) is 8.97. The van der Waals surface area contributed by atoms with Crippen molar-refractivity contribution in [1.82, 2.24) is 19.2 Å². The van der Waals surface area contributed by atoms with E-state index in [-0.39, 0.29) is 5.82 Å². The smallest absolute Gasteiger partial charge is 0.199 e. The van der Waals surface area contributed by atoms with Gasteiger partial charge < -0.3 is 4.57 Å². The molecule has 1 aliphatic rings. The van der Waals surface area contributed by atoms with E-state index in [1.807, 2.05) is 16.6 Å². The van der Waals surface area contributed by atoms with Gasteiger partial charge in [0.2, 0.25) is 0 Å². The van der Waals surface area contributed by atoms with Crippen LogP contribution in [0.3, 0.4) is 0 Å². The summed E-state index contributed by atoms with van der Waals surface area (Å²) in [5.74, 6) is 1.06. The molecule has 7 heteroatoms. The van der Waals surface area contributed by atoms with Crippen LogP contribution >= 0.6 is 23.8 Å². The molecule has 1 aliphatic carbocycles. The van der Waals surface area contributed by atoms with Gasteiger partial charge in [0, 0.05) is 29.1 Å². The molecule has 0 unspecified atom stereocenters. The van der Waals surface area contributed by atoms with Gasteiger partial charge in [-0.3, -0.25) is 4.90 Å². The molecule has 1 aromatic carbocycles. The summed E-state index contributed by atoms with van der Waals surface area (Å²) in [5.41, 5.74) is 0.499. The molecule has 4 nitrogen and oxygen atoms in total. The van der Waals surface area contributed by atoms with Crippen LogP contribution in [-0.4, -0.2) is 26.3 Å². The average Bonchev–Trinajstić information content (AvgIpc) is 3.29. The van der Waals surface area contributed by atoms with E-state index in [2.05, 4.69) is 18.4 Å². The van der Waals surface area contributed by atoms with E-state index in [9.17, 15) is 4.39 Å². The van der Waals surface area contributed by atoms with Crippen LogP contribution in [0.4, 0.5) is 4.39 Å². The van der Waals surface area contributed by atoms with Gasteiger partial charge in [0.25, 0.3) is 0 Å². The molecule has 3 rings (SSSR count). The highest BCUT2D eigenvalue weighted by Crippen LogP contribution is 2.37. The van der Waals surface area contributed by atoms with E-state index in [0.29, 0.717) is 35.8 Å². The van der Waals surface area contributed by atoms with Crippen LogP contribution in [0.5, 0.6) is 0 Å². The van der Waals surface area contributed by atoms with E-state index in [4.69, 9.17) is 28.9 Å². The van der Waals surface area contributed by atoms with Crippen molar-refractivity contribution in [3.8, 4) is 0 Å². The second kappa shape index (κ2) is 6.94. The highest BCUT2D eigenvalue weighted by Gasteiger charge is 2.29. The van der Waals surface area contributed by atoms with E-state index in [1.165, 1.54) is 18.9 Å². The van der Waals surface area contributed by atoms with Gasteiger partial charge in [-0.2, -0.15) is 5.10 Å². The molecule has 0 amide bonds. The summed E-state index contributed by atoms with van der Waals surface area (Å²) in [7, 11) is 1.91. The Kier molecular flexibility index (Phi) is 5.08. The van der Waals surface area contributed by atoms with Crippen LogP contribution < -0.4 is 0 Å². The number of halogens is 2. The van der Waals surface area contributed by atoms with Gasteiger partial charge in [0.15, 0.2) is 4.77 Å². The van der Waals surface area contributed by atoms with Crippen molar-refractivity contribution in [2.24, 2.45) is 0 Å². The fourth-order valence-electron chi connectivity index (χ4n) is 2.83. The third-order valence-electron chi connectivity index (χ3n) is 4.19. The number of hydrogen-bond acceptors (Lipinski definition) is 3. The Balaban J connectivity index is 1.81. The van der Waals surface area contributed by atoms with Gasteiger partial charge in [0.1, 0.15) is 11.6 Å². The summed E-state index contributed by atoms with van der Waals surface area (Å²) in [5, 5.41) is 5.15. The van der Waals surface area contributed by atoms with Crippen molar-refractivity contribution < 1.29 is 4.39 Å². The largest absolute Gasteiger partial charge is 0.301 e. The van der Waals surface area contributed by atoms with Crippen molar-refractivity contribution >= 4 is 23.8 Å². The van der Waals surface area contributed by atoms with Crippen molar-refractivity contribution in [1.29, 1.82) is 0 Å². The lowest BCUT2D eigenvalue weighted by atomic mass is 10.2. The van der Waals surface area contributed by atoms with Gasteiger partial charge in [-0.25, -0.2) is 9.07 Å².